The summed E-state index contributed by atoms with van der Waals surface area (Å²) in [6, 6.07) is 18.3. The van der Waals surface area contributed by atoms with Gasteiger partial charge in [-0.3, -0.25) is 9.59 Å². The molecule has 9 heteroatoms. The van der Waals surface area contributed by atoms with Crippen LogP contribution < -0.4 is 10.3 Å². The van der Waals surface area contributed by atoms with Gasteiger partial charge in [-0.05, 0) is 55.5 Å². The van der Waals surface area contributed by atoms with Crippen molar-refractivity contribution in [2.45, 2.75) is 13.5 Å². The van der Waals surface area contributed by atoms with E-state index in [-0.39, 0.29) is 41.0 Å². The number of fused-ring (bicyclic) bond motifs is 1. The molecule has 0 bridgehead atoms. The van der Waals surface area contributed by atoms with Gasteiger partial charge in [0.2, 0.25) is 17.2 Å². The normalized spacial score (nSPS) is 11.1. The SMILES string of the molecule is Cc1ccc2c(=O)c(-c3nc(-c4ccc(F)cc4)no3)cn(CC(=O)N(C)c3ccccc3)c2n1. The molecular formula is C26H20FN5O3. The molecule has 3 aromatic heterocycles. The van der Waals surface area contributed by atoms with E-state index in [4.69, 9.17) is 4.52 Å². The molecule has 0 spiro atoms. The standard InChI is InChI=1S/C26H20FN5O3/c1-16-8-13-20-23(34)21(26-29-24(30-35-26)17-9-11-18(27)12-10-17)14-32(25(20)28-16)15-22(33)31(2)19-6-4-3-5-7-19/h3-14H,15H2,1-2H3. The highest BCUT2D eigenvalue weighted by Gasteiger charge is 2.20. The third-order valence-electron chi connectivity index (χ3n) is 5.64. The maximum Gasteiger partial charge on any atom is 0.263 e. The van der Waals surface area contributed by atoms with Gasteiger partial charge in [-0.1, -0.05) is 23.4 Å². The summed E-state index contributed by atoms with van der Waals surface area (Å²) in [4.78, 5) is 36.8. The molecule has 0 aliphatic rings. The Morgan fingerprint density at radius 1 is 1.03 bits per heavy atom. The number of carbonyl (C=O) groups is 1. The molecule has 0 unspecified atom stereocenters. The number of aryl methyl sites for hydroxylation is 1. The van der Waals surface area contributed by atoms with Gasteiger partial charge in [0.1, 0.15) is 23.6 Å². The van der Waals surface area contributed by atoms with E-state index < -0.39 is 0 Å². The Bertz CT molecular complexity index is 1590. The first kappa shape index (κ1) is 22.1. The Labute approximate surface area is 199 Å². The minimum Gasteiger partial charge on any atom is -0.333 e. The number of hydrogen-bond acceptors (Lipinski definition) is 6. The molecule has 0 N–H and O–H groups in total. The zero-order chi connectivity index (χ0) is 24.5. The lowest BCUT2D eigenvalue weighted by atomic mass is 10.1. The summed E-state index contributed by atoms with van der Waals surface area (Å²) in [7, 11) is 1.69. The largest absolute Gasteiger partial charge is 0.333 e. The van der Waals surface area contributed by atoms with Gasteiger partial charge in [-0.15, -0.1) is 0 Å². The van der Waals surface area contributed by atoms with E-state index in [1.165, 1.54) is 30.5 Å². The van der Waals surface area contributed by atoms with Crippen molar-refractivity contribution in [2.24, 2.45) is 0 Å². The monoisotopic (exact) mass is 469 g/mol. The second-order valence-electron chi connectivity index (χ2n) is 8.04. The van der Waals surface area contributed by atoms with Crippen molar-refractivity contribution in [1.82, 2.24) is 19.7 Å². The van der Waals surface area contributed by atoms with E-state index >= 15 is 0 Å². The number of halogens is 1. The van der Waals surface area contributed by atoms with Gasteiger partial charge < -0.3 is 14.0 Å². The molecule has 0 fully saturated rings. The molecule has 0 saturated heterocycles. The lowest BCUT2D eigenvalue weighted by Gasteiger charge is -2.19. The smallest absolute Gasteiger partial charge is 0.263 e. The minimum absolute atomic E-state index is 0.00517. The predicted octanol–water partition coefficient (Wildman–Crippen LogP) is 4.22. The fraction of sp³-hybridized carbons (Fsp3) is 0.115. The first-order chi connectivity index (χ1) is 16.9. The molecule has 5 rings (SSSR count). The van der Waals surface area contributed by atoms with E-state index in [0.29, 0.717) is 22.3 Å². The van der Waals surface area contributed by atoms with Gasteiger partial charge in [0, 0.05) is 30.2 Å². The molecule has 0 atom stereocenters. The Hall–Kier alpha value is -4.66. The number of hydrogen-bond donors (Lipinski definition) is 0. The van der Waals surface area contributed by atoms with E-state index in [1.54, 1.807) is 28.6 Å². The lowest BCUT2D eigenvalue weighted by Crippen LogP contribution is -2.30. The van der Waals surface area contributed by atoms with Gasteiger partial charge in [0.25, 0.3) is 5.89 Å². The van der Waals surface area contributed by atoms with Crippen LogP contribution in [0, 0.1) is 12.7 Å². The van der Waals surface area contributed by atoms with Crippen molar-refractivity contribution in [1.29, 1.82) is 0 Å². The number of carbonyl (C=O) groups excluding carboxylic acids is 1. The van der Waals surface area contributed by atoms with Crippen molar-refractivity contribution in [3.63, 3.8) is 0 Å². The maximum atomic E-state index is 13.3. The van der Waals surface area contributed by atoms with Gasteiger partial charge >= 0.3 is 0 Å². The van der Waals surface area contributed by atoms with E-state index in [2.05, 4.69) is 15.1 Å². The van der Waals surface area contributed by atoms with Crippen LogP contribution in [0.5, 0.6) is 0 Å². The Morgan fingerprint density at radius 3 is 2.51 bits per heavy atom. The molecule has 0 aliphatic heterocycles. The third-order valence-corrected chi connectivity index (χ3v) is 5.64. The van der Waals surface area contributed by atoms with E-state index in [1.807, 2.05) is 37.3 Å². The van der Waals surface area contributed by atoms with Crippen LogP contribution in [0.2, 0.25) is 0 Å². The van der Waals surface area contributed by atoms with Crippen LogP contribution in [-0.4, -0.2) is 32.6 Å². The number of anilines is 1. The molecule has 35 heavy (non-hydrogen) atoms. The van der Waals surface area contributed by atoms with Crippen molar-refractivity contribution >= 4 is 22.6 Å². The van der Waals surface area contributed by atoms with Crippen LogP contribution in [0.15, 0.2) is 82.2 Å². The topological polar surface area (TPSA) is 94.1 Å². The number of para-hydroxylation sites is 1. The summed E-state index contributed by atoms with van der Waals surface area (Å²) >= 11 is 0. The highest BCUT2D eigenvalue weighted by molar-refractivity contribution is 5.93. The first-order valence-corrected chi connectivity index (χ1v) is 10.8. The number of amides is 1. The molecule has 8 nitrogen and oxygen atoms in total. The quantitative estimate of drug-likeness (QED) is 0.383. The molecule has 3 heterocycles. The Balaban J connectivity index is 1.58. The number of rotatable bonds is 5. The van der Waals surface area contributed by atoms with Crippen LogP contribution in [0.1, 0.15) is 5.69 Å². The van der Waals surface area contributed by atoms with Crippen molar-refractivity contribution in [2.75, 3.05) is 11.9 Å². The van der Waals surface area contributed by atoms with E-state index in [0.717, 1.165) is 5.69 Å². The van der Waals surface area contributed by atoms with Crippen LogP contribution in [0.4, 0.5) is 10.1 Å². The first-order valence-electron chi connectivity index (χ1n) is 10.8. The second kappa shape index (κ2) is 8.94. The lowest BCUT2D eigenvalue weighted by molar-refractivity contribution is -0.118. The molecule has 0 saturated carbocycles. The Morgan fingerprint density at radius 2 is 1.77 bits per heavy atom. The van der Waals surface area contributed by atoms with Crippen LogP contribution in [-0.2, 0) is 11.3 Å². The van der Waals surface area contributed by atoms with Crippen LogP contribution in [0.3, 0.4) is 0 Å². The summed E-state index contributed by atoms with van der Waals surface area (Å²) < 4.78 is 20.3. The second-order valence-corrected chi connectivity index (χ2v) is 8.04. The number of nitrogens with zero attached hydrogens (tertiary/aromatic N) is 5. The zero-order valence-electron chi connectivity index (χ0n) is 19.0. The minimum atomic E-state index is -0.386. The molecule has 0 radical (unpaired) electrons. The molecule has 2 aromatic carbocycles. The van der Waals surface area contributed by atoms with Crippen molar-refractivity contribution in [3.05, 3.63) is 94.7 Å². The fourth-order valence-electron chi connectivity index (χ4n) is 3.73. The predicted molar refractivity (Wildman–Crippen MR) is 129 cm³/mol. The van der Waals surface area contributed by atoms with Gasteiger partial charge in [0.05, 0.1) is 5.39 Å². The molecular weight excluding hydrogens is 449 g/mol. The summed E-state index contributed by atoms with van der Waals surface area (Å²) in [5.74, 6) is -0.377. The molecule has 1 amide bonds. The number of pyridine rings is 2. The highest BCUT2D eigenvalue weighted by Crippen LogP contribution is 2.23. The van der Waals surface area contributed by atoms with Crippen LogP contribution in [0.25, 0.3) is 33.9 Å². The average molecular weight is 469 g/mol. The van der Waals surface area contributed by atoms with Crippen LogP contribution >= 0.6 is 0 Å². The molecule has 174 valence electrons. The zero-order valence-corrected chi connectivity index (χ0v) is 19.0. The fourth-order valence-corrected chi connectivity index (χ4v) is 3.73. The van der Waals surface area contributed by atoms with Crippen molar-refractivity contribution in [3.8, 4) is 22.8 Å². The summed E-state index contributed by atoms with van der Waals surface area (Å²) in [6.07, 6.45) is 1.51. The number of benzene rings is 2. The number of aromatic nitrogens is 4. The summed E-state index contributed by atoms with van der Waals surface area (Å²) in [5, 5.41) is 4.26. The summed E-state index contributed by atoms with van der Waals surface area (Å²) in [6.45, 7) is 1.75. The maximum absolute atomic E-state index is 13.3. The van der Waals surface area contributed by atoms with Gasteiger partial charge in [0.15, 0.2) is 0 Å². The molecule has 0 aliphatic carbocycles. The van der Waals surface area contributed by atoms with E-state index in [9.17, 15) is 14.0 Å². The highest BCUT2D eigenvalue weighted by atomic mass is 19.1. The van der Waals surface area contributed by atoms with Gasteiger partial charge in [-0.25, -0.2) is 9.37 Å². The summed E-state index contributed by atoms with van der Waals surface area (Å²) in [5.41, 5.74) is 2.17. The average Bonchev–Trinajstić information content (AvgIpc) is 3.36. The van der Waals surface area contributed by atoms with Gasteiger partial charge in [-0.2, -0.15) is 4.98 Å². The third kappa shape index (κ3) is 4.31. The Kier molecular flexibility index (Phi) is 5.66. The molecule has 5 aromatic rings. The number of likely N-dealkylation sites (N-methyl/N-ethyl adjacent to an activating group) is 1. The van der Waals surface area contributed by atoms with Crippen molar-refractivity contribution < 1.29 is 13.7 Å².